The number of nitro benzene ring substituents is 1. The summed E-state index contributed by atoms with van der Waals surface area (Å²) in [7, 11) is 0. The summed E-state index contributed by atoms with van der Waals surface area (Å²) in [6.45, 7) is 4.91. The number of thioether (sulfide) groups is 1. The van der Waals surface area contributed by atoms with Gasteiger partial charge in [0.15, 0.2) is 0 Å². The molecular weight excluding hydrogens is 250 g/mol. The van der Waals surface area contributed by atoms with E-state index < -0.39 is 0 Å². The van der Waals surface area contributed by atoms with E-state index in [9.17, 15) is 10.1 Å². The lowest BCUT2D eigenvalue weighted by molar-refractivity contribution is -0.384. The Bertz CT molecular complexity index is 453. The van der Waals surface area contributed by atoms with Crippen molar-refractivity contribution in [3.05, 3.63) is 33.9 Å². The van der Waals surface area contributed by atoms with Crippen LogP contribution >= 0.6 is 11.8 Å². The highest BCUT2D eigenvalue weighted by molar-refractivity contribution is 7.99. The van der Waals surface area contributed by atoms with Crippen LogP contribution in [0.4, 0.5) is 11.4 Å². The van der Waals surface area contributed by atoms with Crippen molar-refractivity contribution in [2.45, 2.75) is 18.7 Å². The van der Waals surface area contributed by atoms with E-state index in [4.69, 9.17) is 5.73 Å². The molecule has 1 atom stereocenters. The van der Waals surface area contributed by atoms with Gasteiger partial charge in [-0.15, -0.1) is 0 Å². The number of benzene rings is 1. The maximum Gasteiger partial charge on any atom is 0.269 e. The lowest BCUT2D eigenvalue weighted by Crippen LogP contribution is -2.36. The largest absolute Gasteiger partial charge is 0.398 e. The van der Waals surface area contributed by atoms with Gasteiger partial charge in [-0.2, -0.15) is 11.8 Å². The summed E-state index contributed by atoms with van der Waals surface area (Å²) in [5.41, 5.74) is 7.48. The van der Waals surface area contributed by atoms with Crippen LogP contribution in [0.1, 0.15) is 12.5 Å². The van der Waals surface area contributed by atoms with Gasteiger partial charge < -0.3 is 5.73 Å². The van der Waals surface area contributed by atoms with Crippen molar-refractivity contribution in [3.63, 3.8) is 0 Å². The third kappa shape index (κ3) is 3.14. The fourth-order valence-corrected chi connectivity index (χ4v) is 3.20. The third-order valence-corrected chi connectivity index (χ3v) is 4.19. The second-order valence-corrected chi connectivity index (χ2v) is 6.10. The normalized spacial score (nSPS) is 20.8. The van der Waals surface area contributed by atoms with Crippen LogP contribution in [-0.2, 0) is 6.54 Å². The molecule has 0 aromatic heterocycles. The first-order chi connectivity index (χ1) is 8.56. The van der Waals surface area contributed by atoms with Gasteiger partial charge in [-0.25, -0.2) is 0 Å². The summed E-state index contributed by atoms with van der Waals surface area (Å²) in [5.74, 6) is 1.11. The fraction of sp³-hybridized carbons (Fsp3) is 0.500. The number of hydrogen-bond acceptors (Lipinski definition) is 5. The molecule has 0 radical (unpaired) electrons. The summed E-state index contributed by atoms with van der Waals surface area (Å²) in [5, 5.41) is 11.4. The van der Waals surface area contributed by atoms with Gasteiger partial charge in [0.05, 0.1) is 4.92 Å². The summed E-state index contributed by atoms with van der Waals surface area (Å²) >= 11 is 1.96. The molecule has 1 heterocycles. The second kappa shape index (κ2) is 5.58. The maximum absolute atomic E-state index is 10.8. The number of hydrogen-bond donors (Lipinski definition) is 1. The zero-order chi connectivity index (χ0) is 13.1. The van der Waals surface area contributed by atoms with Gasteiger partial charge in [0.1, 0.15) is 0 Å². The first-order valence-corrected chi connectivity index (χ1v) is 6.98. The van der Waals surface area contributed by atoms with Crippen LogP contribution in [0.15, 0.2) is 18.2 Å². The molecule has 0 aliphatic carbocycles. The van der Waals surface area contributed by atoms with Crippen LogP contribution in [-0.4, -0.2) is 33.9 Å². The van der Waals surface area contributed by atoms with E-state index in [2.05, 4.69) is 11.8 Å². The molecule has 2 N–H and O–H groups in total. The van der Waals surface area contributed by atoms with Crippen LogP contribution < -0.4 is 5.73 Å². The summed E-state index contributed by atoms with van der Waals surface area (Å²) in [6.07, 6.45) is 0. The van der Waals surface area contributed by atoms with Crippen molar-refractivity contribution in [2.24, 2.45) is 0 Å². The molecular formula is C12H17N3O2S. The van der Waals surface area contributed by atoms with Gasteiger partial charge in [-0.3, -0.25) is 15.0 Å². The summed E-state index contributed by atoms with van der Waals surface area (Å²) in [4.78, 5) is 12.7. The van der Waals surface area contributed by atoms with Gasteiger partial charge in [0, 0.05) is 48.5 Å². The van der Waals surface area contributed by atoms with Crippen molar-refractivity contribution >= 4 is 23.1 Å². The number of nitrogens with two attached hydrogens (primary N) is 1. The lowest BCUT2D eigenvalue weighted by atomic mass is 10.1. The molecule has 1 fully saturated rings. The van der Waals surface area contributed by atoms with E-state index in [-0.39, 0.29) is 10.6 Å². The van der Waals surface area contributed by atoms with Crippen LogP contribution in [0.2, 0.25) is 0 Å². The minimum atomic E-state index is -0.377. The van der Waals surface area contributed by atoms with Crippen molar-refractivity contribution in [1.29, 1.82) is 0 Å². The molecule has 2 rings (SSSR count). The van der Waals surface area contributed by atoms with E-state index in [1.807, 2.05) is 11.8 Å². The van der Waals surface area contributed by atoms with Crippen LogP contribution in [0.3, 0.4) is 0 Å². The fourth-order valence-electron chi connectivity index (χ4n) is 2.12. The molecule has 6 heteroatoms. The molecule has 1 aromatic carbocycles. The SMILES string of the molecule is CC1CN(Cc2cc([N+](=O)[O-])ccc2N)CCS1. The Balaban J connectivity index is 2.12. The van der Waals surface area contributed by atoms with E-state index >= 15 is 0 Å². The zero-order valence-electron chi connectivity index (χ0n) is 10.3. The van der Waals surface area contributed by atoms with Gasteiger partial charge in [0.2, 0.25) is 0 Å². The minimum absolute atomic E-state index is 0.110. The van der Waals surface area contributed by atoms with E-state index in [1.165, 1.54) is 6.07 Å². The molecule has 18 heavy (non-hydrogen) atoms. The first kappa shape index (κ1) is 13.2. The number of nitrogens with zero attached hydrogens (tertiary/aromatic N) is 2. The van der Waals surface area contributed by atoms with E-state index in [0.29, 0.717) is 17.5 Å². The number of nitro groups is 1. The van der Waals surface area contributed by atoms with Gasteiger partial charge >= 0.3 is 0 Å². The number of non-ortho nitro benzene ring substituents is 1. The molecule has 1 saturated heterocycles. The minimum Gasteiger partial charge on any atom is -0.398 e. The predicted molar refractivity (Wildman–Crippen MR) is 74.7 cm³/mol. The zero-order valence-corrected chi connectivity index (χ0v) is 11.2. The lowest BCUT2D eigenvalue weighted by Gasteiger charge is -2.30. The van der Waals surface area contributed by atoms with Gasteiger partial charge in [-0.05, 0) is 11.6 Å². The second-order valence-electron chi connectivity index (χ2n) is 4.56. The van der Waals surface area contributed by atoms with Crippen molar-refractivity contribution in [1.82, 2.24) is 4.90 Å². The number of nitrogen functional groups attached to an aromatic ring is 1. The molecule has 98 valence electrons. The average Bonchev–Trinajstić information content (AvgIpc) is 2.31. The van der Waals surface area contributed by atoms with Crippen LogP contribution in [0, 0.1) is 10.1 Å². The highest BCUT2D eigenvalue weighted by atomic mass is 32.2. The van der Waals surface area contributed by atoms with Crippen molar-refractivity contribution in [2.75, 3.05) is 24.6 Å². The van der Waals surface area contributed by atoms with Crippen molar-refractivity contribution in [3.8, 4) is 0 Å². The Morgan fingerprint density at radius 3 is 3.06 bits per heavy atom. The van der Waals surface area contributed by atoms with Crippen LogP contribution in [0.5, 0.6) is 0 Å². The van der Waals surface area contributed by atoms with Gasteiger partial charge in [-0.1, -0.05) is 6.92 Å². The first-order valence-electron chi connectivity index (χ1n) is 5.93. The van der Waals surface area contributed by atoms with Crippen molar-refractivity contribution < 1.29 is 4.92 Å². The average molecular weight is 267 g/mol. The molecule has 1 aromatic rings. The Morgan fingerprint density at radius 1 is 1.61 bits per heavy atom. The Hall–Kier alpha value is -1.27. The summed E-state index contributed by atoms with van der Waals surface area (Å²) < 4.78 is 0. The summed E-state index contributed by atoms with van der Waals surface area (Å²) in [6, 6.07) is 4.66. The molecule has 0 amide bonds. The molecule has 0 bridgehead atoms. The Morgan fingerprint density at radius 2 is 2.39 bits per heavy atom. The predicted octanol–water partition coefficient (Wildman–Crippen LogP) is 2.11. The van der Waals surface area contributed by atoms with E-state index in [1.54, 1.807) is 12.1 Å². The Labute approximate surface area is 110 Å². The molecule has 1 unspecified atom stereocenters. The van der Waals surface area contributed by atoms with E-state index in [0.717, 1.165) is 24.4 Å². The topological polar surface area (TPSA) is 72.4 Å². The van der Waals surface area contributed by atoms with Gasteiger partial charge in [0.25, 0.3) is 5.69 Å². The highest BCUT2D eigenvalue weighted by Gasteiger charge is 2.18. The molecule has 0 saturated carbocycles. The smallest absolute Gasteiger partial charge is 0.269 e. The molecule has 1 aliphatic rings. The molecule has 1 aliphatic heterocycles. The number of anilines is 1. The highest BCUT2D eigenvalue weighted by Crippen LogP contribution is 2.24. The van der Waals surface area contributed by atoms with Crippen LogP contribution in [0.25, 0.3) is 0 Å². The monoisotopic (exact) mass is 267 g/mol. The quantitative estimate of drug-likeness (QED) is 0.516. The maximum atomic E-state index is 10.8. The standard InChI is InChI=1S/C12H17N3O2S/c1-9-7-14(4-5-18-9)8-10-6-11(15(16)17)2-3-12(10)13/h2-3,6,9H,4-5,7-8,13H2,1H3. The number of rotatable bonds is 3. The molecule has 5 nitrogen and oxygen atoms in total. The third-order valence-electron chi connectivity index (χ3n) is 3.06. The Kier molecular flexibility index (Phi) is 4.08. The molecule has 0 spiro atoms.